The lowest BCUT2D eigenvalue weighted by Crippen LogP contribution is -2.33. The van der Waals surface area contributed by atoms with Crippen LogP contribution in [-0.4, -0.2) is 56.0 Å². The molecule has 16 heavy (non-hydrogen) atoms. The lowest BCUT2D eigenvalue weighted by molar-refractivity contribution is -0.152. The molecule has 6 N–H and O–H groups in total. The van der Waals surface area contributed by atoms with E-state index < -0.39 is 36.9 Å². The molecule has 0 aliphatic heterocycles. The van der Waals surface area contributed by atoms with Crippen LogP contribution in [0.5, 0.6) is 0 Å². The van der Waals surface area contributed by atoms with Crippen LogP contribution in [0.4, 0.5) is 0 Å². The van der Waals surface area contributed by atoms with E-state index in [0.717, 1.165) is 0 Å². The second-order valence-corrected chi connectivity index (χ2v) is 2.97. The van der Waals surface area contributed by atoms with Gasteiger partial charge in [-0.1, -0.05) is 0 Å². The summed E-state index contributed by atoms with van der Waals surface area (Å²) < 4.78 is 0. The van der Waals surface area contributed by atoms with Crippen molar-refractivity contribution in [3.05, 3.63) is 0 Å². The van der Waals surface area contributed by atoms with Gasteiger partial charge in [-0.05, 0) is 13.8 Å². The number of aliphatic hydroxyl groups is 3. The summed E-state index contributed by atoms with van der Waals surface area (Å²) >= 11 is 0. The molecule has 0 saturated heterocycles. The molecule has 0 bridgehead atoms. The Bertz CT molecular complexity index is 210. The van der Waals surface area contributed by atoms with E-state index in [2.05, 4.69) is 5.32 Å². The Hall–Kier alpha value is -1.22. The molecule has 0 aromatic carbocycles. The van der Waals surface area contributed by atoms with Crippen molar-refractivity contribution in [1.29, 1.82) is 0 Å². The highest BCUT2D eigenvalue weighted by Crippen LogP contribution is 1.89. The van der Waals surface area contributed by atoms with Crippen molar-refractivity contribution in [3.8, 4) is 0 Å². The van der Waals surface area contributed by atoms with E-state index in [1.54, 1.807) is 13.8 Å². The molecule has 0 rings (SSSR count). The summed E-state index contributed by atoms with van der Waals surface area (Å²) in [5, 5.41) is 43.5. The van der Waals surface area contributed by atoms with E-state index in [9.17, 15) is 9.59 Å². The first-order valence-corrected chi connectivity index (χ1v) is 4.41. The van der Waals surface area contributed by atoms with Crippen LogP contribution < -0.4 is 5.32 Å². The van der Waals surface area contributed by atoms with E-state index >= 15 is 0 Å². The fourth-order valence-corrected chi connectivity index (χ4v) is 0.602. The van der Waals surface area contributed by atoms with Crippen molar-refractivity contribution < 1.29 is 35.1 Å². The number of carbonyl (C=O) groups is 2. The summed E-state index contributed by atoms with van der Waals surface area (Å²) in [4.78, 5) is 19.4. The molecule has 3 atom stereocenters. The average Bonchev–Trinajstić information content (AvgIpc) is 2.00. The fraction of sp³-hybridized carbons (Fsp3) is 0.750. The number of hydrogen-bond donors (Lipinski definition) is 6. The Morgan fingerprint density at radius 3 is 1.50 bits per heavy atom. The van der Waals surface area contributed by atoms with Crippen LogP contribution in [0.25, 0.3) is 0 Å². The maximum Gasteiger partial charge on any atom is 0.333 e. The normalized spacial score (nSPS) is 15.3. The Morgan fingerprint density at radius 2 is 1.44 bits per heavy atom. The zero-order valence-electron chi connectivity index (χ0n) is 8.99. The van der Waals surface area contributed by atoms with E-state index in [1.165, 1.54) is 0 Å². The lowest BCUT2D eigenvalue weighted by Gasteiger charge is -2.08. The van der Waals surface area contributed by atoms with Gasteiger partial charge in [-0.25, -0.2) is 4.79 Å². The van der Waals surface area contributed by atoms with E-state index in [0.29, 0.717) is 0 Å². The molecule has 8 nitrogen and oxygen atoms in total. The van der Waals surface area contributed by atoms with Gasteiger partial charge in [0.25, 0.3) is 0 Å². The van der Waals surface area contributed by atoms with E-state index in [-0.39, 0.29) is 0 Å². The number of rotatable bonds is 5. The summed E-state index contributed by atoms with van der Waals surface area (Å²) in [6.45, 7) is 3.10. The number of aliphatic carboxylic acids is 2. The summed E-state index contributed by atoms with van der Waals surface area (Å²) in [6.07, 6.45) is -3.79. The largest absolute Gasteiger partial charge is 0.481 e. The molecule has 0 spiro atoms. The summed E-state index contributed by atoms with van der Waals surface area (Å²) in [5.41, 5.74) is 0. The molecule has 0 heterocycles. The third kappa shape index (κ3) is 15.3. The second kappa shape index (κ2) is 9.04. The van der Waals surface area contributed by atoms with Crippen molar-refractivity contribution in [2.75, 3.05) is 0 Å². The molecule has 0 aromatic heterocycles. The first kappa shape index (κ1) is 17.2. The quantitative estimate of drug-likeness (QED) is 0.307. The van der Waals surface area contributed by atoms with Gasteiger partial charge in [-0.3, -0.25) is 10.1 Å². The highest BCUT2D eigenvalue weighted by atomic mass is 16.4. The van der Waals surface area contributed by atoms with E-state index in [1.807, 2.05) is 0 Å². The molecule has 0 aliphatic carbocycles. The number of hydrogen-bond acceptors (Lipinski definition) is 6. The molecule has 0 saturated carbocycles. The maximum atomic E-state index is 9.72. The Balaban J connectivity index is 0. The van der Waals surface area contributed by atoms with Crippen molar-refractivity contribution in [2.24, 2.45) is 0 Å². The van der Waals surface area contributed by atoms with Crippen LogP contribution in [0, 0.1) is 0 Å². The SMILES string of the molecule is CC(O)NC(C)O.O=C(O)CC(O)C(=O)O. The van der Waals surface area contributed by atoms with Crippen LogP contribution in [0.2, 0.25) is 0 Å². The van der Waals surface area contributed by atoms with Crippen LogP contribution in [0.15, 0.2) is 0 Å². The predicted molar refractivity (Wildman–Crippen MR) is 52.4 cm³/mol. The zero-order chi connectivity index (χ0) is 13.3. The summed E-state index contributed by atoms with van der Waals surface area (Å²) in [6, 6.07) is 0. The van der Waals surface area contributed by atoms with Crippen molar-refractivity contribution in [3.63, 3.8) is 0 Å². The predicted octanol–water partition coefficient (Wildman–Crippen LogP) is -1.84. The average molecular weight is 239 g/mol. The van der Waals surface area contributed by atoms with Crippen LogP contribution in [0.1, 0.15) is 20.3 Å². The van der Waals surface area contributed by atoms with E-state index in [4.69, 9.17) is 25.5 Å². The van der Waals surface area contributed by atoms with Crippen LogP contribution >= 0.6 is 0 Å². The lowest BCUT2D eigenvalue weighted by atomic mass is 10.3. The molecule has 0 amide bonds. The van der Waals surface area contributed by atoms with Crippen molar-refractivity contribution >= 4 is 11.9 Å². The first-order valence-electron chi connectivity index (χ1n) is 4.41. The Morgan fingerprint density at radius 1 is 1.06 bits per heavy atom. The molecular formula is C8H17NO7. The molecule has 8 heteroatoms. The minimum absolute atomic E-state index is 0.625. The van der Waals surface area contributed by atoms with Gasteiger partial charge in [-0.15, -0.1) is 0 Å². The molecule has 3 unspecified atom stereocenters. The van der Waals surface area contributed by atoms with Gasteiger partial charge in [0.1, 0.15) is 12.5 Å². The summed E-state index contributed by atoms with van der Waals surface area (Å²) in [5.74, 6) is -2.85. The fourth-order valence-electron chi connectivity index (χ4n) is 0.602. The third-order valence-electron chi connectivity index (χ3n) is 1.14. The van der Waals surface area contributed by atoms with Gasteiger partial charge in [0.05, 0.1) is 6.42 Å². The smallest absolute Gasteiger partial charge is 0.333 e. The van der Waals surface area contributed by atoms with Crippen molar-refractivity contribution in [2.45, 2.75) is 38.8 Å². The zero-order valence-corrected chi connectivity index (χ0v) is 8.99. The topological polar surface area (TPSA) is 147 Å². The highest BCUT2D eigenvalue weighted by molar-refractivity contribution is 5.79. The highest BCUT2D eigenvalue weighted by Gasteiger charge is 2.16. The monoisotopic (exact) mass is 239 g/mol. The standard InChI is InChI=1S/C4H11NO2.C4H6O5/c1-3(6)5-4(2)7;5-2(4(8)9)1-3(6)7/h3-7H,1-2H3;2,5H,1H2,(H,6,7)(H,8,9). The van der Waals surface area contributed by atoms with Gasteiger partial charge in [0, 0.05) is 0 Å². The van der Waals surface area contributed by atoms with Gasteiger partial charge in [0.2, 0.25) is 0 Å². The first-order chi connectivity index (χ1) is 7.16. The number of carboxylic acids is 2. The molecule has 0 aromatic rings. The van der Waals surface area contributed by atoms with Gasteiger partial charge in [-0.2, -0.15) is 0 Å². The van der Waals surface area contributed by atoms with Gasteiger partial charge in [0.15, 0.2) is 6.10 Å². The Labute approximate surface area is 92.1 Å². The summed E-state index contributed by atoms with van der Waals surface area (Å²) in [7, 11) is 0. The molecular weight excluding hydrogens is 222 g/mol. The molecule has 0 aliphatic rings. The van der Waals surface area contributed by atoms with Crippen molar-refractivity contribution in [1.82, 2.24) is 5.32 Å². The van der Waals surface area contributed by atoms with Gasteiger partial charge >= 0.3 is 11.9 Å². The maximum absolute atomic E-state index is 9.72. The number of nitrogens with one attached hydrogen (secondary N) is 1. The van der Waals surface area contributed by atoms with Gasteiger partial charge < -0.3 is 25.5 Å². The number of aliphatic hydroxyl groups excluding tert-OH is 3. The molecule has 96 valence electrons. The second-order valence-electron chi connectivity index (χ2n) is 2.97. The van der Waals surface area contributed by atoms with Crippen LogP contribution in [0.3, 0.4) is 0 Å². The minimum Gasteiger partial charge on any atom is -0.481 e. The molecule has 0 fully saturated rings. The molecule has 0 radical (unpaired) electrons. The Kier molecular flexibility index (Phi) is 9.71. The minimum atomic E-state index is -1.79. The van der Waals surface area contributed by atoms with Crippen LogP contribution in [-0.2, 0) is 9.59 Å². The number of carboxylic acid groups (broad SMARTS) is 2. The third-order valence-corrected chi connectivity index (χ3v) is 1.14.